The van der Waals surface area contributed by atoms with Crippen LogP contribution in [0.5, 0.6) is 0 Å². The zero-order valence-electron chi connectivity index (χ0n) is 14.8. The summed E-state index contributed by atoms with van der Waals surface area (Å²) in [7, 11) is 6.15. The van der Waals surface area contributed by atoms with Gasteiger partial charge in [0, 0.05) is 43.8 Å². The fourth-order valence-electron chi connectivity index (χ4n) is 2.81. The molecule has 0 saturated heterocycles. The molecule has 2 heterocycles. The first-order valence-electron chi connectivity index (χ1n) is 8.30. The van der Waals surface area contributed by atoms with Gasteiger partial charge in [-0.1, -0.05) is 24.3 Å². The maximum atomic E-state index is 4.55. The number of aromatic nitrogens is 4. The minimum absolute atomic E-state index is 0.407. The summed E-state index contributed by atoms with van der Waals surface area (Å²) in [5.41, 5.74) is 3.71. The molecule has 0 saturated carbocycles. The van der Waals surface area contributed by atoms with E-state index in [4.69, 9.17) is 0 Å². The normalized spacial score (nSPS) is 12.7. The molecule has 3 rings (SSSR count). The molecule has 0 fully saturated rings. The molecule has 0 aliphatic heterocycles. The average molecular weight is 323 g/mol. The summed E-state index contributed by atoms with van der Waals surface area (Å²) in [4.78, 5) is 6.76. The molecule has 1 aromatic carbocycles. The van der Waals surface area contributed by atoms with Crippen LogP contribution in [0.3, 0.4) is 0 Å². The molecule has 0 N–H and O–H groups in total. The maximum absolute atomic E-state index is 4.55. The Bertz CT molecular complexity index is 782. The van der Waals surface area contributed by atoms with E-state index in [1.165, 1.54) is 11.1 Å². The third-order valence-corrected chi connectivity index (χ3v) is 4.54. The number of imidazole rings is 1. The summed E-state index contributed by atoms with van der Waals surface area (Å²) >= 11 is 0. The average Bonchev–Trinajstić information content (AvgIpc) is 3.21. The van der Waals surface area contributed by atoms with Crippen LogP contribution in [0.1, 0.15) is 24.1 Å². The Morgan fingerprint density at radius 3 is 2.54 bits per heavy atom. The highest BCUT2D eigenvalue weighted by molar-refractivity contribution is 5.56. The van der Waals surface area contributed by atoms with Crippen LogP contribution in [0, 0.1) is 0 Å². The minimum Gasteiger partial charge on any atom is -0.331 e. The number of aryl methyl sites for hydroxylation is 3. The molecule has 0 bridgehead atoms. The van der Waals surface area contributed by atoms with Crippen molar-refractivity contribution in [3.8, 4) is 11.4 Å². The molecule has 3 aromatic rings. The molecule has 0 aliphatic rings. The number of nitrogens with zero attached hydrogens (tertiary/aromatic N) is 5. The van der Waals surface area contributed by atoms with Gasteiger partial charge in [0.25, 0.3) is 0 Å². The second-order valence-electron chi connectivity index (χ2n) is 6.48. The SMILES string of the molecule is CC(c1ccc(-c2nccn2CCc2cnn(C)c2)cc1)N(C)C. The Kier molecular flexibility index (Phi) is 4.81. The number of benzene rings is 1. The van der Waals surface area contributed by atoms with Crippen molar-refractivity contribution in [2.45, 2.75) is 25.9 Å². The number of hydrogen-bond donors (Lipinski definition) is 0. The molecule has 126 valence electrons. The van der Waals surface area contributed by atoms with Gasteiger partial charge in [0.15, 0.2) is 0 Å². The summed E-state index contributed by atoms with van der Waals surface area (Å²) in [5, 5.41) is 4.23. The Morgan fingerprint density at radius 1 is 1.17 bits per heavy atom. The van der Waals surface area contributed by atoms with Crippen molar-refractivity contribution < 1.29 is 0 Å². The second kappa shape index (κ2) is 7.01. The van der Waals surface area contributed by atoms with Crippen molar-refractivity contribution in [1.82, 2.24) is 24.2 Å². The van der Waals surface area contributed by atoms with Crippen molar-refractivity contribution in [1.29, 1.82) is 0 Å². The topological polar surface area (TPSA) is 38.9 Å². The van der Waals surface area contributed by atoms with Crippen LogP contribution < -0.4 is 0 Å². The fourth-order valence-corrected chi connectivity index (χ4v) is 2.81. The number of rotatable bonds is 6. The van der Waals surface area contributed by atoms with Gasteiger partial charge in [-0.25, -0.2) is 4.98 Å². The quantitative estimate of drug-likeness (QED) is 0.699. The van der Waals surface area contributed by atoms with Gasteiger partial charge in [-0.3, -0.25) is 4.68 Å². The van der Waals surface area contributed by atoms with Gasteiger partial charge in [-0.2, -0.15) is 5.10 Å². The molecular formula is C19H25N5. The molecule has 1 unspecified atom stereocenters. The van der Waals surface area contributed by atoms with Gasteiger partial charge in [0.1, 0.15) is 5.82 Å². The summed E-state index contributed by atoms with van der Waals surface area (Å²) in [6.45, 7) is 3.11. The van der Waals surface area contributed by atoms with Crippen LogP contribution in [0.2, 0.25) is 0 Å². The minimum atomic E-state index is 0.407. The molecule has 2 aromatic heterocycles. The second-order valence-corrected chi connectivity index (χ2v) is 6.48. The number of hydrogen-bond acceptors (Lipinski definition) is 3. The third-order valence-electron chi connectivity index (χ3n) is 4.54. The lowest BCUT2D eigenvalue weighted by atomic mass is 10.1. The first-order valence-corrected chi connectivity index (χ1v) is 8.30. The molecule has 24 heavy (non-hydrogen) atoms. The van der Waals surface area contributed by atoms with E-state index in [1.807, 2.05) is 30.3 Å². The fraction of sp³-hybridized carbons (Fsp3) is 0.368. The Labute approximate surface area is 143 Å². The van der Waals surface area contributed by atoms with Crippen molar-refractivity contribution in [3.05, 3.63) is 60.2 Å². The van der Waals surface area contributed by atoms with Crippen LogP contribution in [0.25, 0.3) is 11.4 Å². The van der Waals surface area contributed by atoms with E-state index in [-0.39, 0.29) is 0 Å². The molecular weight excluding hydrogens is 298 g/mol. The highest BCUT2D eigenvalue weighted by atomic mass is 15.2. The van der Waals surface area contributed by atoms with Gasteiger partial charge >= 0.3 is 0 Å². The van der Waals surface area contributed by atoms with E-state index in [2.05, 4.69) is 71.0 Å². The first kappa shape index (κ1) is 16.5. The van der Waals surface area contributed by atoms with Gasteiger partial charge < -0.3 is 9.47 Å². The summed E-state index contributed by atoms with van der Waals surface area (Å²) < 4.78 is 4.05. The lowest BCUT2D eigenvalue weighted by molar-refractivity contribution is 0.321. The van der Waals surface area contributed by atoms with Gasteiger partial charge in [0.2, 0.25) is 0 Å². The smallest absolute Gasteiger partial charge is 0.139 e. The monoisotopic (exact) mass is 323 g/mol. The van der Waals surface area contributed by atoms with E-state index in [9.17, 15) is 0 Å². The van der Waals surface area contributed by atoms with Crippen molar-refractivity contribution in [2.75, 3.05) is 14.1 Å². The Hall–Kier alpha value is -2.40. The lowest BCUT2D eigenvalue weighted by Crippen LogP contribution is -2.16. The van der Waals surface area contributed by atoms with Crippen molar-refractivity contribution in [2.24, 2.45) is 7.05 Å². The highest BCUT2D eigenvalue weighted by Gasteiger charge is 2.10. The largest absolute Gasteiger partial charge is 0.331 e. The van der Waals surface area contributed by atoms with Gasteiger partial charge in [-0.05, 0) is 38.6 Å². The zero-order chi connectivity index (χ0) is 17.1. The molecule has 0 aliphatic carbocycles. The summed E-state index contributed by atoms with van der Waals surface area (Å²) in [6, 6.07) is 9.13. The van der Waals surface area contributed by atoms with Crippen molar-refractivity contribution >= 4 is 0 Å². The third kappa shape index (κ3) is 3.57. The van der Waals surface area contributed by atoms with Gasteiger partial charge in [0.05, 0.1) is 6.20 Å². The van der Waals surface area contributed by atoms with E-state index >= 15 is 0 Å². The van der Waals surface area contributed by atoms with E-state index < -0.39 is 0 Å². The highest BCUT2D eigenvalue weighted by Crippen LogP contribution is 2.23. The van der Waals surface area contributed by atoms with E-state index in [0.717, 1.165) is 24.4 Å². The molecule has 0 spiro atoms. The predicted octanol–water partition coefficient (Wildman–Crippen LogP) is 3.15. The van der Waals surface area contributed by atoms with Crippen LogP contribution >= 0.6 is 0 Å². The lowest BCUT2D eigenvalue weighted by Gasteiger charge is -2.20. The molecule has 0 amide bonds. The van der Waals surface area contributed by atoms with Gasteiger partial charge in [-0.15, -0.1) is 0 Å². The Morgan fingerprint density at radius 2 is 1.92 bits per heavy atom. The van der Waals surface area contributed by atoms with Crippen LogP contribution in [0.4, 0.5) is 0 Å². The zero-order valence-corrected chi connectivity index (χ0v) is 14.8. The summed E-state index contributed by atoms with van der Waals surface area (Å²) in [6.07, 6.45) is 8.85. The van der Waals surface area contributed by atoms with E-state index in [1.54, 1.807) is 0 Å². The van der Waals surface area contributed by atoms with Crippen LogP contribution in [0.15, 0.2) is 49.1 Å². The summed E-state index contributed by atoms with van der Waals surface area (Å²) in [5.74, 6) is 1.02. The predicted molar refractivity (Wildman–Crippen MR) is 96.7 cm³/mol. The van der Waals surface area contributed by atoms with Crippen LogP contribution in [-0.2, 0) is 20.0 Å². The molecule has 1 atom stereocenters. The van der Waals surface area contributed by atoms with Crippen molar-refractivity contribution in [3.63, 3.8) is 0 Å². The molecule has 5 heteroatoms. The first-order chi connectivity index (χ1) is 11.5. The standard InChI is InChI=1S/C19H25N5/c1-15(22(2)3)17-5-7-18(8-6-17)19-20-10-12-24(19)11-9-16-13-21-23(4)14-16/h5-8,10,12-15H,9,11H2,1-4H3. The molecule has 5 nitrogen and oxygen atoms in total. The van der Waals surface area contributed by atoms with Crippen LogP contribution in [-0.4, -0.2) is 38.3 Å². The Balaban J connectivity index is 1.74. The van der Waals surface area contributed by atoms with E-state index in [0.29, 0.717) is 6.04 Å². The molecule has 0 radical (unpaired) electrons. The maximum Gasteiger partial charge on any atom is 0.139 e.